The second kappa shape index (κ2) is 13.2. The lowest BCUT2D eigenvalue weighted by molar-refractivity contribution is 0.0157. The molecule has 4 rings (SSSR count). The molecule has 1 fully saturated rings. The zero-order valence-corrected chi connectivity index (χ0v) is 25.6. The number of Topliss-reactive ketones (excluding diaryl/α,β-unsaturated/α-hetero) is 1. The van der Waals surface area contributed by atoms with E-state index in [4.69, 9.17) is 14.5 Å². The highest BCUT2D eigenvalue weighted by Gasteiger charge is 2.37. The maximum absolute atomic E-state index is 14.2. The van der Waals surface area contributed by atoms with E-state index in [1.165, 1.54) is 0 Å². The number of rotatable bonds is 11. The number of nitrogens with zero attached hydrogens (tertiary/aromatic N) is 4. The first-order chi connectivity index (χ1) is 19.5. The van der Waals surface area contributed by atoms with Crippen molar-refractivity contribution in [1.29, 1.82) is 0 Å². The zero-order chi connectivity index (χ0) is 29.7. The molecule has 3 atom stereocenters. The molecular weight excluding hydrogens is 520 g/mol. The van der Waals surface area contributed by atoms with E-state index in [-0.39, 0.29) is 29.8 Å². The van der Waals surface area contributed by atoms with Crippen LogP contribution in [-0.2, 0) is 16.0 Å². The normalized spacial score (nSPS) is 18.7. The van der Waals surface area contributed by atoms with Crippen molar-refractivity contribution >= 4 is 22.9 Å². The van der Waals surface area contributed by atoms with Crippen LogP contribution >= 0.6 is 0 Å². The van der Waals surface area contributed by atoms with Gasteiger partial charge in [-0.25, -0.2) is 14.8 Å². The molecule has 2 aromatic heterocycles. The Hall–Kier alpha value is -3.24. The maximum atomic E-state index is 14.2. The molecule has 1 unspecified atom stereocenters. The Morgan fingerprint density at radius 3 is 2.59 bits per heavy atom. The summed E-state index contributed by atoms with van der Waals surface area (Å²) in [6.07, 6.45) is 3.96. The van der Waals surface area contributed by atoms with E-state index in [1.807, 2.05) is 76.6 Å². The number of ketones is 1. The Morgan fingerprint density at radius 2 is 1.93 bits per heavy atom. The smallest absolute Gasteiger partial charge is 0.410 e. The molecule has 0 spiro atoms. The third-order valence-electron chi connectivity index (χ3n) is 7.43. The van der Waals surface area contributed by atoms with E-state index in [9.17, 15) is 9.59 Å². The summed E-state index contributed by atoms with van der Waals surface area (Å²) in [7, 11) is 1.70. The minimum absolute atomic E-state index is 0.00506. The average molecular weight is 567 g/mol. The molecule has 10 heteroatoms. The first-order valence-corrected chi connectivity index (χ1v) is 14.7. The molecule has 3 heterocycles. The minimum Gasteiger partial charge on any atom is -0.444 e. The molecule has 10 nitrogen and oxygen atoms in total. The van der Waals surface area contributed by atoms with Crippen LogP contribution in [-0.4, -0.2) is 80.8 Å². The second-order valence-corrected chi connectivity index (χ2v) is 12.5. The lowest BCUT2D eigenvalue weighted by atomic mass is 9.91. The minimum atomic E-state index is -0.604. The number of piperidine rings is 1. The van der Waals surface area contributed by atoms with Crippen LogP contribution in [0.4, 0.5) is 4.79 Å². The van der Waals surface area contributed by atoms with Crippen molar-refractivity contribution in [2.24, 2.45) is 5.92 Å². The van der Waals surface area contributed by atoms with Crippen molar-refractivity contribution in [1.82, 2.24) is 29.7 Å². The van der Waals surface area contributed by atoms with Crippen LogP contribution in [0.1, 0.15) is 81.9 Å². The molecular formula is C31H46N6O4. The SMILES string of the molecule is COCCCCn1c(C(=O)C(N[C@H]2C[C@@H](c3ncc(C)[nH]3)CN(C(=O)OC(C)(C)C)C2)C(C)C)nc2ccccc21. The number of nitrogens with one attached hydrogen (secondary N) is 2. The molecule has 1 saturated heterocycles. The first-order valence-electron chi connectivity index (χ1n) is 14.7. The lowest BCUT2D eigenvalue weighted by Gasteiger charge is -2.39. The van der Waals surface area contributed by atoms with Gasteiger partial charge in [-0.3, -0.25) is 4.79 Å². The van der Waals surface area contributed by atoms with Gasteiger partial charge >= 0.3 is 6.09 Å². The van der Waals surface area contributed by atoms with Gasteiger partial charge in [0, 0.05) is 57.2 Å². The number of benzene rings is 1. The number of amides is 1. The number of aryl methyl sites for hydroxylation is 2. The number of likely N-dealkylation sites (tertiary alicyclic amines) is 1. The van der Waals surface area contributed by atoms with Crippen molar-refractivity contribution in [2.45, 2.75) is 91.0 Å². The number of methoxy groups -OCH3 is 1. The zero-order valence-electron chi connectivity index (χ0n) is 25.6. The molecule has 1 aromatic carbocycles. The van der Waals surface area contributed by atoms with Crippen LogP contribution in [0.2, 0.25) is 0 Å². The third kappa shape index (κ3) is 7.74. The Labute approximate surface area is 243 Å². The molecule has 1 aliphatic heterocycles. The predicted molar refractivity (Wildman–Crippen MR) is 159 cm³/mol. The molecule has 1 aliphatic rings. The number of fused-ring (bicyclic) bond motifs is 1. The summed E-state index contributed by atoms with van der Waals surface area (Å²) in [6.45, 7) is 14.0. The molecule has 3 aromatic rings. The Kier molecular flexibility index (Phi) is 9.86. The number of hydrogen-bond acceptors (Lipinski definition) is 7. The van der Waals surface area contributed by atoms with Crippen molar-refractivity contribution < 1.29 is 19.1 Å². The lowest BCUT2D eigenvalue weighted by Crippen LogP contribution is -2.56. The molecule has 0 radical (unpaired) electrons. The van der Waals surface area contributed by atoms with Crippen molar-refractivity contribution in [3.8, 4) is 0 Å². The second-order valence-electron chi connectivity index (χ2n) is 12.5. The Balaban J connectivity index is 1.60. The maximum Gasteiger partial charge on any atom is 0.410 e. The van der Waals surface area contributed by atoms with E-state index in [1.54, 1.807) is 12.0 Å². The van der Waals surface area contributed by atoms with Gasteiger partial charge in [-0.05, 0) is 65.0 Å². The Morgan fingerprint density at radius 1 is 1.17 bits per heavy atom. The number of unbranched alkanes of at least 4 members (excludes halogenated alkanes) is 1. The van der Waals surface area contributed by atoms with E-state index in [0.717, 1.165) is 41.8 Å². The van der Waals surface area contributed by atoms with E-state index >= 15 is 0 Å². The fraction of sp³-hybridized carbons (Fsp3) is 0.613. The number of ether oxygens (including phenoxy) is 2. The highest BCUT2D eigenvalue weighted by atomic mass is 16.6. The van der Waals surface area contributed by atoms with Crippen LogP contribution in [0.3, 0.4) is 0 Å². The fourth-order valence-electron chi connectivity index (χ4n) is 5.50. The highest BCUT2D eigenvalue weighted by Crippen LogP contribution is 2.28. The topological polar surface area (TPSA) is 114 Å². The van der Waals surface area contributed by atoms with Crippen LogP contribution < -0.4 is 5.32 Å². The van der Waals surface area contributed by atoms with Crippen LogP contribution in [0.25, 0.3) is 11.0 Å². The van der Waals surface area contributed by atoms with Crippen molar-refractivity contribution in [2.75, 3.05) is 26.8 Å². The monoisotopic (exact) mass is 566 g/mol. The van der Waals surface area contributed by atoms with Crippen LogP contribution in [0.15, 0.2) is 30.5 Å². The molecule has 224 valence electrons. The number of H-pyrrole nitrogens is 1. The summed E-state index contributed by atoms with van der Waals surface area (Å²) in [5, 5.41) is 3.64. The van der Waals surface area contributed by atoms with Gasteiger partial charge in [0.2, 0.25) is 5.78 Å². The average Bonchev–Trinajstić information content (AvgIpc) is 3.52. The molecule has 0 saturated carbocycles. The van der Waals surface area contributed by atoms with Gasteiger partial charge in [0.1, 0.15) is 11.4 Å². The standard InChI is InChI=1S/C31H46N6O4/c1-20(2)26(27(38)29-35-24-12-8-9-13-25(24)37(29)14-10-11-15-40-7)34-23-16-22(28-32-17-21(3)33-28)18-36(19-23)30(39)41-31(4,5)6/h8-9,12-13,17,20,22-23,26,34H,10-11,14-16,18-19H2,1-7H3,(H,32,33)/t22-,23+,26?/m1/s1. The number of imidazole rings is 2. The van der Waals surface area contributed by atoms with Gasteiger partial charge in [-0.1, -0.05) is 26.0 Å². The number of para-hydroxylation sites is 2. The van der Waals surface area contributed by atoms with E-state index in [2.05, 4.69) is 15.3 Å². The van der Waals surface area contributed by atoms with Gasteiger partial charge in [0.05, 0.1) is 17.1 Å². The van der Waals surface area contributed by atoms with Gasteiger partial charge in [-0.2, -0.15) is 0 Å². The molecule has 1 amide bonds. The number of aromatic nitrogens is 4. The number of aromatic amines is 1. The van der Waals surface area contributed by atoms with E-state index in [0.29, 0.717) is 32.1 Å². The summed E-state index contributed by atoms with van der Waals surface area (Å²) >= 11 is 0. The van der Waals surface area contributed by atoms with Crippen LogP contribution in [0.5, 0.6) is 0 Å². The summed E-state index contributed by atoms with van der Waals surface area (Å²) < 4.78 is 13.0. The molecule has 2 N–H and O–H groups in total. The molecule has 0 aliphatic carbocycles. The predicted octanol–water partition coefficient (Wildman–Crippen LogP) is 5.08. The number of carbonyl (C=O) groups excluding carboxylic acids is 2. The molecule has 41 heavy (non-hydrogen) atoms. The van der Waals surface area contributed by atoms with Crippen molar-refractivity contribution in [3.63, 3.8) is 0 Å². The Bertz CT molecular complexity index is 1320. The summed E-state index contributed by atoms with van der Waals surface area (Å²) in [5.41, 5.74) is 2.14. The van der Waals surface area contributed by atoms with Crippen molar-refractivity contribution in [3.05, 3.63) is 47.8 Å². The summed E-state index contributed by atoms with van der Waals surface area (Å²) in [6, 6.07) is 7.27. The summed E-state index contributed by atoms with van der Waals surface area (Å²) in [5.74, 6) is 1.25. The van der Waals surface area contributed by atoms with Gasteiger partial charge < -0.3 is 29.2 Å². The first kappa shape index (κ1) is 30.7. The number of carbonyl (C=O) groups is 2. The number of hydrogen-bond donors (Lipinski definition) is 2. The highest BCUT2D eigenvalue weighted by molar-refractivity contribution is 6.00. The molecule has 0 bridgehead atoms. The largest absolute Gasteiger partial charge is 0.444 e. The van der Waals surface area contributed by atoms with Gasteiger partial charge in [0.15, 0.2) is 5.82 Å². The quantitative estimate of drug-likeness (QED) is 0.246. The van der Waals surface area contributed by atoms with Crippen LogP contribution in [0, 0.1) is 12.8 Å². The summed E-state index contributed by atoms with van der Waals surface area (Å²) in [4.78, 5) is 41.8. The fourth-order valence-corrected chi connectivity index (χ4v) is 5.50. The van der Waals surface area contributed by atoms with E-state index < -0.39 is 11.6 Å². The van der Waals surface area contributed by atoms with Gasteiger partial charge in [-0.15, -0.1) is 0 Å². The van der Waals surface area contributed by atoms with Gasteiger partial charge in [0.25, 0.3) is 0 Å². The third-order valence-corrected chi connectivity index (χ3v) is 7.43.